The average Bonchev–Trinajstić information content (AvgIpc) is 3.15. The van der Waals surface area contributed by atoms with E-state index in [9.17, 15) is 4.79 Å². The zero-order valence-corrected chi connectivity index (χ0v) is 17.9. The van der Waals surface area contributed by atoms with Crippen LogP contribution in [-0.4, -0.2) is 35.2 Å². The second-order valence-corrected chi connectivity index (χ2v) is 8.75. The van der Waals surface area contributed by atoms with Crippen LogP contribution in [0.3, 0.4) is 0 Å². The Balaban J connectivity index is 1.22. The van der Waals surface area contributed by atoms with Gasteiger partial charge in [-0.05, 0) is 67.9 Å². The van der Waals surface area contributed by atoms with E-state index in [2.05, 4.69) is 58.4 Å². The number of anilines is 2. The predicted molar refractivity (Wildman–Crippen MR) is 124 cm³/mol. The van der Waals surface area contributed by atoms with Crippen molar-refractivity contribution in [1.82, 2.24) is 10.2 Å². The number of piperidine rings is 1. The molecule has 0 unspecified atom stereocenters. The third-order valence-corrected chi connectivity index (χ3v) is 6.60. The minimum atomic E-state index is -0.0712. The highest BCUT2D eigenvalue weighted by Gasteiger charge is 2.32. The van der Waals surface area contributed by atoms with Gasteiger partial charge in [0.25, 0.3) is 5.91 Å². The maximum atomic E-state index is 13.1. The number of nitrogens with zero attached hydrogens (tertiary/aromatic N) is 4. The van der Waals surface area contributed by atoms with E-state index in [0.717, 1.165) is 50.3 Å². The Hall–Kier alpha value is -3.21. The van der Waals surface area contributed by atoms with Gasteiger partial charge in [0.05, 0.1) is 0 Å². The van der Waals surface area contributed by atoms with E-state index in [1.165, 1.54) is 11.1 Å². The van der Waals surface area contributed by atoms with Crippen molar-refractivity contribution >= 4 is 17.4 Å². The average molecular weight is 413 g/mol. The highest BCUT2D eigenvalue weighted by Crippen LogP contribution is 2.33. The van der Waals surface area contributed by atoms with Crippen LogP contribution in [0, 0.1) is 5.92 Å². The first-order valence-electron chi connectivity index (χ1n) is 11.2. The molecule has 2 aromatic carbocycles. The van der Waals surface area contributed by atoms with E-state index < -0.39 is 0 Å². The molecule has 0 spiro atoms. The Bertz CT molecular complexity index is 1040. The molecular formula is C26H28N4O. The van der Waals surface area contributed by atoms with Crippen LogP contribution in [0.15, 0.2) is 66.7 Å². The molecule has 1 amide bonds. The monoisotopic (exact) mass is 412 g/mol. The van der Waals surface area contributed by atoms with Gasteiger partial charge in [0, 0.05) is 24.8 Å². The molecule has 158 valence electrons. The van der Waals surface area contributed by atoms with E-state index >= 15 is 0 Å². The van der Waals surface area contributed by atoms with Crippen molar-refractivity contribution in [1.29, 1.82) is 0 Å². The zero-order valence-electron chi connectivity index (χ0n) is 17.9. The molecule has 3 aromatic rings. The van der Waals surface area contributed by atoms with Gasteiger partial charge in [-0.1, -0.05) is 48.5 Å². The van der Waals surface area contributed by atoms with Crippen LogP contribution < -0.4 is 9.80 Å². The fourth-order valence-corrected chi connectivity index (χ4v) is 4.92. The van der Waals surface area contributed by atoms with Gasteiger partial charge in [-0.15, -0.1) is 10.2 Å². The highest BCUT2D eigenvalue weighted by atomic mass is 16.2. The maximum absolute atomic E-state index is 13.1. The number of para-hydroxylation sites is 1. The number of amides is 1. The molecule has 5 rings (SSSR count). The van der Waals surface area contributed by atoms with Gasteiger partial charge < -0.3 is 9.80 Å². The molecule has 2 aliphatic rings. The summed E-state index contributed by atoms with van der Waals surface area (Å²) < 4.78 is 0. The third-order valence-electron chi connectivity index (χ3n) is 6.60. The molecule has 1 aromatic heterocycles. The summed E-state index contributed by atoms with van der Waals surface area (Å²) in [7, 11) is 0. The summed E-state index contributed by atoms with van der Waals surface area (Å²) >= 11 is 0. The molecule has 2 aliphatic heterocycles. The Labute approximate surface area is 183 Å². The topological polar surface area (TPSA) is 49.3 Å². The van der Waals surface area contributed by atoms with Gasteiger partial charge in [-0.2, -0.15) is 0 Å². The summed E-state index contributed by atoms with van der Waals surface area (Å²) in [5.41, 5.74) is 4.03. The van der Waals surface area contributed by atoms with Crippen molar-refractivity contribution in [2.45, 2.75) is 38.6 Å². The fraction of sp³-hybridized carbons (Fsp3) is 0.346. The summed E-state index contributed by atoms with van der Waals surface area (Å²) in [5.74, 6) is 1.51. The molecule has 0 N–H and O–H groups in total. The molecule has 5 heteroatoms. The summed E-state index contributed by atoms with van der Waals surface area (Å²) in [6, 6.07) is 22.8. The molecular weight excluding hydrogens is 384 g/mol. The van der Waals surface area contributed by atoms with Crippen LogP contribution in [0.4, 0.5) is 11.5 Å². The largest absolute Gasteiger partial charge is 0.355 e. The number of benzene rings is 2. The number of carbonyl (C=O) groups is 1. The van der Waals surface area contributed by atoms with Crippen molar-refractivity contribution < 1.29 is 4.79 Å². The van der Waals surface area contributed by atoms with Crippen molar-refractivity contribution in [3.63, 3.8) is 0 Å². The normalized spacial score (nSPS) is 18.8. The molecule has 1 atom stereocenters. The van der Waals surface area contributed by atoms with Gasteiger partial charge in [0.1, 0.15) is 0 Å². The first-order chi connectivity index (χ1) is 15.2. The number of hydrogen-bond acceptors (Lipinski definition) is 4. The summed E-state index contributed by atoms with van der Waals surface area (Å²) in [4.78, 5) is 17.3. The molecule has 0 saturated carbocycles. The van der Waals surface area contributed by atoms with Crippen LogP contribution in [-0.2, 0) is 12.8 Å². The van der Waals surface area contributed by atoms with Crippen molar-refractivity contribution in [3.05, 3.63) is 83.6 Å². The summed E-state index contributed by atoms with van der Waals surface area (Å²) in [6.45, 7) is 4.05. The van der Waals surface area contributed by atoms with E-state index in [0.29, 0.717) is 11.6 Å². The number of fused-ring (bicyclic) bond motifs is 1. The number of hydrogen-bond donors (Lipinski definition) is 0. The van der Waals surface area contributed by atoms with Gasteiger partial charge >= 0.3 is 0 Å². The Morgan fingerprint density at radius 3 is 2.42 bits per heavy atom. The molecule has 5 nitrogen and oxygen atoms in total. The van der Waals surface area contributed by atoms with Crippen LogP contribution in [0.2, 0.25) is 0 Å². The predicted octanol–water partition coefficient (Wildman–Crippen LogP) is 4.53. The second kappa shape index (κ2) is 8.50. The first kappa shape index (κ1) is 19.7. The van der Waals surface area contributed by atoms with Crippen LogP contribution in [0.1, 0.15) is 41.4 Å². The van der Waals surface area contributed by atoms with E-state index in [1.807, 2.05) is 35.2 Å². The minimum Gasteiger partial charge on any atom is -0.355 e. The number of rotatable bonds is 4. The molecule has 0 aliphatic carbocycles. The molecule has 1 saturated heterocycles. The van der Waals surface area contributed by atoms with Crippen LogP contribution in [0.5, 0.6) is 0 Å². The van der Waals surface area contributed by atoms with Gasteiger partial charge in [0.15, 0.2) is 11.5 Å². The smallest absolute Gasteiger partial charge is 0.279 e. The molecule has 0 bridgehead atoms. The van der Waals surface area contributed by atoms with E-state index in [-0.39, 0.29) is 11.9 Å². The van der Waals surface area contributed by atoms with Gasteiger partial charge in [-0.3, -0.25) is 4.79 Å². The van der Waals surface area contributed by atoms with Gasteiger partial charge in [0.2, 0.25) is 0 Å². The Morgan fingerprint density at radius 2 is 1.68 bits per heavy atom. The molecule has 0 radical (unpaired) electrons. The fourth-order valence-electron chi connectivity index (χ4n) is 4.92. The molecule has 3 heterocycles. The van der Waals surface area contributed by atoms with Crippen molar-refractivity contribution in [2.24, 2.45) is 5.92 Å². The lowest BCUT2D eigenvalue weighted by atomic mass is 9.90. The van der Waals surface area contributed by atoms with E-state index in [1.54, 1.807) is 0 Å². The number of aromatic nitrogens is 2. The van der Waals surface area contributed by atoms with Gasteiger partial charge in [-0.25, -0.2) is 0 Å². The number of carbonyl (C=O) groups excluding carboxylic acids is 1. The van der Waals surface area contributed by atoms with E-state index in [4.69, 9.17) is 0 Å². The SMILES string of the molecule is C[C@H]1Cc2ccccc2N1C(=O)c1ccc(N2CCC(Cc3ccccc3)CC2)nn1. The minimum absolute atomic E-state index is 0.0712. The second-order valence-electron chi connectivity index (χ2n) is 8.75. The van der Waals surface area contributed by atoms with Crippen molar-refractivity contribution in [3.8, 4) is 0 Å². The van der Waals surface area contributed by atoms with Crippen LogP contribution >= 0.6 is 0 Å². The Morgan fingerprint density at radius 1 is 0.935 bits per heavy atom. The van der Waals surface area contributed by atoms with Crippen LogP contribution in [0.25, 0.3) is 0 Å². The summed E-state index contributed by atoms with van der Waals surface area (Å²) in [6.07, 6.45) is 4.33. The lowest BCUT2D eigenvalue weighted by Crippen LogP contribution is -2.37. The zero-order chi connectivity index (χ0) is 21.2. The van der Waals surface area contributed by atoms with Crippen molar-refractivity contribution in [2.75, 3.05) is 22.9 Å². The highest BCUT2D eigenvalue weighted by molar-refractivity contribution is 6.06. The maximum Gasteiger partial charge on any atom is 0.279 e. The molecule has 31 heavy (non-hydrogen) atoms. The quantitative estimate of drug-likeness (QED) is 0.632. The molecule has 1 fully saturated rings. The lowest BCUT2D eigenvalue weighted by molar-refractivity contribution is 0.0975. The summed E-state index contributed by atoms with van der Waals surface area (Å²) in [5, 5.41) is 8.72. The standard InChI is InChI=1S/C26H28N4O/c1-19-17-22-9-5-6-10-24(22)30(19)26(31)23-11-12-25(28-27-23)29-15-13-21(14-16-29)18-20-7-3-2-4-8-20/h2-12,19,21H,13-18H2,1H3/t19-/m0/s1. The Kier molecular flexibility index (Phi) is 5.41. The third kappa shape index (κ3) is 4.05. The lowest BCUT2D eigenvalue weighted by Gasteiger charge is -2.32. The first-order valence-corrected chi connectivity index (χ1v) is 11.2.